The lowest BCUT2D eigenvalue weighted by atomic mass is 9.85. The van der Waals surface area contributed by atoms with Crippen molar-refractivity contribution in [2.24, 2.45) is 47.3 Å². The molecule has 2 saturated carbocycles. The van der Waals surface area contributed by atoms with Gasteiger partial charge in [-0.05, 0) is 36.5 Å². The molecular weight excluding hydrogens is 608 g/mol. The fraction of sp³-hybridized carbons (Fsp3) is 0.357. The number of rotatable bonds is 2. The molecule has 44 heavy (non-hydrogen) atoms. The van der Waals surface area contributed by atoms with Gasteiger partial charge in [-0.25, -0.2) is 9.80 Å². The Balaban J connectivity index is 0.000000142. The summed E-state index contributed by atoms with van der Waals surface area (Å²) < 4.78 is 108. The Hall–Kier alpha value is -4.50. The van der Waals surface area contributed by atoms with Crippen molar-refractivity contribution >= 4 is 35.0 Å². The van der Waals surface area contributed by atoms with Gasteiger partial charge in [-0.15, -0.1) is 0 Å². The first-order chi connectivity index (χ1) is 20.8. The summed E-state index contributed by atoms with van der Waals surface area (Å²) in [4.78, 5) is 54.9. The van der Waals surface area contributed by atoms with E-state index in [1.165, 1.54) is 0 Å². The first kappa shape index (κ1) is 28.3. The maximum atomic E-state index is 13.8. The molecule has 2 aliphatic heterocycles. The van der Waals surface area contributed by atoms with E-state index in [1.807, 2.05) is 0 Å². The average molecular weight is 624 g/mol. The van der Waals surface area contributed by atoms with Crippen molar-refractivity contribution in [3.63, 3.8) is 0 Å². The highest BCUT2D eigenvalue weighted by molar-refractivity contribution is 6.23. The Morgan fingerprint density at radius 2 is 0.682 bits per heavy atom. The van der Waals surface area contributed by atoms with Crippen molar-refractivity contribution < 1.29 is 54.3 Å². The number of anilines is 2. The number of carbonyl (C=O) groups excluding carboxylic acids is 4. The Morgan fingerprint density at radius 1 is 0.455 bits per heavy atom. The minimum Gasteiger partial charge on any atom is -0.274 e. The Bertz CT molecular complexity index is 1540. The van der Waals surface area contributed by atoms with E-state index >= 15 is 0 Å². The zero-order valence-corrected chi connectivity index (χ0v) is 21.8. The molecule has 4 fully saturated rings. The van der Waals surface area contributed by atoms with Crippen LogP contribution in [0.5, 0.6) is 0 Å². The highest BCUT2D eigenvalue weighted by atomic mass is 19.2. The van der Waals surface area contributed by atoms with E-state index in [0.717, 1.165) is 0 Å². The molecule has 16 heteroatoms. The highest BCUT2D eigenvalue weighted by Crippen LogP contribution is 2.55. The SMILES string of the molecule is O=C1[C@@H]2[C@H](C(=O)N1c1c(F)c(F)nc(F)c1F)[C@@H]1C=C[C@H]2C1.O=C1[C@@H]2[C@H](C(=O)N1c1c(F)c(F)nc(F)c1F)[C@@H]1C=C[C@H]2C1. The lowest BCUT2D eigenvalue weighted by molar-refractivity contribution is -0.124. The summed E-state index contributed by atoms with van der Waals surface area (Å²) in [6.45, 7) is 0. The number of hydrogen-bond acceptors (Lipinski definition) is 6. The van der Waals surface area contributed by atoms with E-state index < -0.39 is 106 Å². The zero-order chi connectivity index (χ0) is 31.5. The number of fused-ring (bicyclic) bond motifs is 10. The van der Waals surface area contributed by atoms with Gasteiger partial charge in [-0.3, -0.25) is 19.2 Å². The fourth-order valence-electron chi connectivity index (χ4n) is 7.59. The highest BCUT2D eigenvalue weighted by Gasteiger charge is 2.62. The van der Waals surface area contributed by atoms with Gasteiger partial charge in [-0.1, -0.05) is 24.3 Å². The van der Waals surface area contributed by atoms with E-state index in [9.17, 15) is 54.3 Å². The lowest BCUT2D eigenvalue weighted by Crippen LogP contribution is -2.35. The van der Waals surface area contributed by atoms with Gasteiger partial charge < -0.3 is 0 Å². The van der Waals surface area contributed by atoms with Gasteiger partial charge in [-0.2, -0.15) is 45.1 Å². The molecule has 228 valence electrons. The third kappa shape index (κ3) is 3.62. The maximum Gasteiger partial charge on any atom is 0.253 e. The van der Waals surface area contributed by atoms with Crippen molar-refractivity contribution in [1.29, 1.82) is 0 Å². The number of imide groups is 2. The second kappa shape index (κ2) is 9.50. The molecule has 2 aromatic heterocycles. The van der Waals surface area contributed by atoms with Gasteiger partial charge in [0.25, 0.3) is 23.8 Å². The number of nitrogens with zero attached hydrogens (tertiary/aromatic N) is 4. The monoisotopic (exact) mass is 624 g/mol. The fourth-order valence-corrected chi connectivity index (χ4v) is 7.59. The van der Waals surface area contributed by atoms with E-state index in [4.69, 9.17) is 0 Å². The second-order valence-electron chi connectivity index (χ2n) is 11.4. The summed E-state index contributed by atoms with van der Waals surface area (Å²) in [6, 6.07) is 0. The van der Waals surface area contributed by atoms with E-state index in [0.29, 0.717) is 12.8 Å². The molecule has 8 rings (SSSR count). The van der Waals surface area contributed by atoms with Crippen LogP contribution in [0.15, 0.2) is 24.3 Å². The van der Waals surface area contributed by atoms with Crippen molar-refractivity contribution in [1.82, 2.24) is 9.97 Å². The molecule has 0 unspecified atom stereocenters. The molecule has 6 aliphatic rings. The number of pyridine rings is 2. The standard InChI is InChI=1S/2C14H8F4N2O2/c2*15-8-10(9(16)12(18)19-11(8)17)20-13(21)6-4-1-2-5(3-4)7(6)14(20)22/h2*1-2,4-7H,3H2/t2*4-,5+,6-,7+. The maximum absolute atomic E-state index is 13.8. The van der Waals surface area contributed by atoms with E-state index in [2.05, 4.69) is 9.97 Å². The van der Waals surface area contributed by atoms with Gasteiger partial charge in [0, 0.05) is 0 Å². The molecule has 8 atom stereocenters. The first-order valence-corrected chi connectivity index (χ1v) is 13.4. The van der Waals surface area contributed by atoms with Crippen LogP contribution in [0.2, 0.25) is 0 Å². The van der Waals surface area contributed by atoms with Gasteiger partial charge in [0.15, 0.2) is 0 Å². The number of amides is 4. The summed E-state index contributed by atoms with van der Waals surface area (Å²) in [5.41, 5.74) is -2.62. The summed E-state index contributed by atoms with van der Waals surface area (Å²) in [7, 11) is 0. The quantitative estimate of drug-likeness (QED) is 0.218. The number of hydrogen-bond donors (Lipinski definition) is 0. The summed E-state index contributed by atoms with van der Waals surface area (Å²) in [5.74, 6) is -21.9. The molecule has 4 heterocycles. The molecule has 0 spiro atoms. The molecule has 4 bridgehead atoms. The average Bonchev–Trinajstić information content (AvgIpc) is 3.83. The van der Waals surface area contributed by atoms with Gasteiger partial charge in [0.1, 0.15) is 11.4 Å². The van der Waals surface area contributed by atoms with Crippen molar-refractivity contribution in [2.75, 3.05) is 9.80 Å². The topological polar surface area (TPSA) is 101 Å². The van der Waals surface area contributed by atoms with E-state index in [1.54, 1.807) is 24.3 Å². The van der Waals surface area contributed by atoms with Crippen LogP contribution in [0.4, 0.5) is 46.5 Å². The Labute approximate surface area is 241 Å². The van der Waals surface area contributed by atoms with Crippen molar-refractivity contribution in [2.45, 2.75) is 12.8 Å². The second-order valence-corrected chi connectivity index (χ2v) is 11.4. The third-order valence-corrected chi connectivity index (χ3v) is 9.34. The van der Waals surface area contributed by atoms with Crippen molar-refractivity contribution in [3.8, 4) is 0 Å². The molecule has 0 N–H and O–H groups in total. The van der Waals surface area contributed by atoms with Crippen LogP contribution in [0, 0.1) is 94.4 Å². The van der Waals surface area contributed by atoms with Crippen LogP contribution < -0.4 is 9.80 Å². The number of halogens is 8. The van der Waals surface area contributed by atoms with Gasteiger partial charge >= 0.3 is 0 Å². The Kier molecular flexibility index (Phi) is 6.10. The van der Waals surface area contributed by atoms with Crippen LogP contribution in [-0.4, -0.2) is 33.6 Å². The summed E-state index contributed by atoms with van der Waals surface area (Å²) in [6.07, 6.45) is 8.43. The third-order valence-electron chi connectivity index (χ3n) is 9.34. The van der Waals surface area contributed by atoms with Crippen molar-refractivity contribution in [3.05, 3.63) is 71.4 Å². The van der Waals surface area contributed by atoms with Crippen LogP contribution in [0.1, 0.15) is 12.8 Å². The van der Waals surface area contributed by atoms with Crippen LogP contribution in [0.3, 0.4) is 0 Å². The largest absolute Gasteiger partial charge is 0.274 e. The van der Waals surface area contributed by atoms with Gasteiger partial charge in [0.2, 0.25) is 46.9 Å². The number of carbonyl (C=O) groups is 4. The van der Waals surface area contributed by atoms with Gasteiger partial charge in [0.05, 0.1) is 23.7 Å². The first-order valence-electron chi connectivity index (χ1n) is 13.4. The predicted molar refractivity (Wildman–Crippen MR) is 129 cm³/mol. The molecule has 2 aromatic rings. The smallest absolute Gasteiger partial charge is 0.253 e. The molecule has 2 saturated heterocycles. The van der Waals surface area contributed by atoms with E-state index in [-0.39, 0.29) is 33.5 Å². The zero-order valence-electron chi connectivity index (χ0n) is 21.8. The number of aromatic nitrogens is 2. The minimum absolute atomic E-state index is 0.181. The molecule has 4 aliphatic carbocycles. The molecule has 0 aromatic carbocycles. The molecular formula is C28H16F8N4O4. The van der Waals surface area contributed by atoms with Crippen LogP contribution in [0.25, 0.3) is 0 Å². The minimum atomic E-state index is -1.90. The lowest BCUT2D eigenvalue weighted by Gasteiger charge is -2.18. The summed E-state index contributed by atoms with van der Waals surface area (Å²) >= 11 is 0. The number of allylic oxidation sites excluding steroid dienone is 4. The van der Waals surface area contributed by atoms with Crippen LogP contribution >= 0.6 is 0 Å². The Morgan fingerprint density at radius 3 is 0.909 bits per heavy atom. The summed E-state index contributed by atoms with van der Waals surface area (Å²) in [5, 5.41) is 0. The molecule has 8 nitrogen and oxygen atoms in total. The predicted octanol–water partition coefficient (Wildman–Crippen LogP) is 3.90. The normalized spacial score (nSPS) is 32.3. The molecule has 0 radical (unpaired) electrons. The van der Waals surface area contributed by atoms with Crippen LogP contribution in [-0.2, 0) is 19.2 Å². The molecule has 4 amide bonds.